The summed E-state index contributed by atoms with van der Waals surface area (Å²) in [6.07, 6.45) is 1.39. The van der Waals surface area contributed by atoms with Gasteiger partial charge in [0.15, 0.2) is 5.75 Å². The average Bonchev–Trinajstić information content (AvgIpc) is 1.99. The fraction of sp³-hybridized carbons (Fsp3) is 0.286. The van der Waals surface area contributed by atoms with Gasteiger partial charge in [0, 0.05) is 13.0 Å². The second kappa shape index (κ2) is 3.09. The third kappa shape index (κ3) is 1.63. The third-order valence-corrected chi connectivity index (χ3v) is 2.23. The summed E-state index contributed by atoms with van der Waals surface area (Å²) in [5, 5.41) is 11.0. The van der Waals surface area contributed by atoms with Crippen molar-refractivity contribution in [1.29, 1.82) is 0 Å². The summed E-state index contributed by atoms with van der Waals surface area (Å²) in [4.78, 5) is 0. The van der Waals surface area contributed by atoms with Crippen LogP contribution < -0.4 is 9.47 Å². The number of hydrogen-bond acceptors (Lipinski definition) is 2. The van der Waals surface area contributed by atoms with Crippen LogP contribution in [0.15, 0.2) is 16.7 Å². The monoisotopic (exact) mass is 217 g/mol. The number of rotatable bonds is 1. The Balaban J connectivity index is 3.21. The molecule has 1 aromatic rings. The summed E-state index contributed by atoms with van der Waals surface area (Å²) >= 11 is 3.24. The summed E-state index contributed by atoms with van der Waals surface area (Å²) in [6, 6.07) is 1.75. The molecule has 0 saturated carbocycles. The molecule has 0 N–H and O–H groups in total. The van der Waals surface area contributed by atoms with Crippen LogP contribution >= 0.6 is 15.9 Å². The number of pyridine rings is 1. The molecule has 1 aromatic heterocycles. The molecular weight excluding hydrogens is 210 g/mol. The lowest BCUT2D eigenvalue weighted by Gasteiger charge is -2.04. The molecule has 0 radical (unpaired) electrons. The molecule has 11 heavy (non-hydrogen) atoms. The number of nitrogens with zero attached hydrogens (tertiary/aromatic N) is 1. The summed E-state index contributed by atoms with van der Waals surface area (Å²) in [7, 11) is 1.52. The van der Waals surface area contributed by atoms with Gasteiger partial charge in [0.1, 0.15) is 0 Å². The molecule has 60 valence electrons. The fourth-order valence-electron chi connectivity index (χ4n) is 0.696. The fourth-order valence-corrected chi connectivity index (χ4v) is 1.10. The van der Waals surface area contributed by atoms with E-state index in [1.807, 2.05) is 0 Å². The van der Waals surface area contributed by atoms with Crippen LogP contribution in [0.4, 0.5) is 0 Å². The van der Waals surface area contributed by atoms with Crippen molar-refractivity contribution in [3.05, 3.63) is 27.6 Å². The van der Waals surface area contributed by atoms with Crippen LogP contribution in [-0.4, -0.2) is 7.11 Å². The van der Waals surface area contributed by atoms with Crippen molar-refractivity contribution in [3.63, 3.8) is 0 Å². The minimum Gasteiger partial charge on any atom is -0.618 e. The first kappa shape index (κ1) is 8.33. The second-order valence-corrected chi connectivity index (χ2v) is 2.99. The normalized spacial score (nSPS) is 9.73. The molecule has 0 unspecified atom stereocenters. The Kier molecular flexibility index (Phi) is 2.34. The molecule has 0 fully saturated rings. The highest BCUT2D eigenvalue weighted by Crippen LogP contribution is 2.17. The number of methoxy groups -OCH3 is 1. The molecule has 0 saturated heterocycles. The van der Waals surface area contributed by atoms with Gasteiger partial charge < -0.3 is 9.94 Å². The first-order valence-electron chi connectivity index (χ1n) is 3.08. The highest BCUT2D eigenvalue weighted by atomic mass is 79.9. The zero-order valence-electron chi connectivity index (χ0n) is 6.30. The standard InChI is InChI=1S/C7H8BrNO2/c1-5-7(8)3-6(11-2)4-9(5)10/h3-4H,1-2H3. The van der Waals surface area contributed by atoms with E-state index < -0.39 is 0 Å². The van der Waals surface area contributed by atoms with Crippen LogP contribution in [0.1, 0.15) is 5.69 Å². The van der Waals surface area contributed by atoms with Crippen molar-refractivity contribution in [1.82, 2.24) is 0 Å². The van der Waals surface area contributed by atoms with Crippen molar-refractivity contribution < 1.29 is 9.47 Å². The predicted octanol–water partition coefficient (Wildman–Crippen LogP) is 1.40. The number of hydrogen-bond donors (Lipinski definition) is 0. The summed E-state index contributed by atoms with van der Waals surface area (Å²) < 4.78 is 6.40. The zero-order valence-corrected chi connectivity index (χ0v) is 7.88. The van der Waals surface area contributed by atoms with Crippen LogP contribution in [-0.2, 0) is 0 Å². The van der Waals surface area contributed by atoms with Crippen molar-refractivity contribution in [3.8, 4) is 5.75 Å². The molecule has 0 aromatic carbocycles. The Labute approximate surface area is 73.3 Å². The largest absolute Gasteiger partial charge is 0.618 e. The highest BCUT2D eigenvalue weighted by molar-refractivity contribution is 9.10. The Hall–Kier alpha value is -0.770. The molecule has 0 aliphatic heterocycles. The topological polar surface area (TPSA) is 36.2 Å². The van der Waals surface area contributed by atoms with E-state index in [1.165, 1.54) is 13.3 Å². The van der Waals surface area contributed by atoms with Gasteiger partial charge in [-0.1, -0.05) is 0 Å². The van der Waals surface area contributed by atoms with Crippen molar-refractivity contribution >= 4 is 15.9 Å². The van der Waals surface area contributed by atoms with Gasteiger partial charge in [-0.25, -0.2) is 0 Å². The van der Waals surface area contributed by atoms with Crippen LogP contribution in [0.25, 0.3) is 0 Å². The maximum atomic E-state index is 11.0. The minimum atomic E-state index is 0.553. The summed E-state index contributed by atoms with van der Waals surface area (Å²) in [5.74, 6) is 0.553. The van der Waals surface area contributed by atoms with Gasteiger partial charge in [-0.05, 0) is 15.9 Å². The van der Waals surface area contributed by atoms with Gasteiger partial charge in [0.25, 0.3) is 0 Å². The van der Waals surface area contributed by atoms with E-state index in [4.69, 9.17) is 4.74 Å². The van der Waals surface area contributed by atoms with Gasteiger partial charge in [-0.2, -0.15) is 4.73 Å². The van der Waals surface area contributed by atoms with Crippen LogP contribution in [0.5, 0.6) is 5.75 Å². The molecule has 1 rings (SSSR count). The SMILES string of the molecule is COc1cc(Br)c(C)[n+]([O-])c1. The Morgan fingerprint density at radius 1 is 1.64 bits per heavy atom. The van der Waals surface area contributed by atoms with E-state index in [2.05, 4.69) is 15.9 Å². The number of ether oxygens (including phenoxy) is 1. The van der Waals surface area contributed by atoms with Crippen LogP contribution in [0.2, 0.25) is 0 Å². The lowest BCUT2D eigenvalue weighted by Crippen LogP contribution is -2.29. The van der Waals surface area contributed by atoms with Crippen molar-refractivity contribution in [2.45, 2.75) is 6.92 Å². The minimum absolute atomic E-state index is 0.553. The zero-order chi connectivity index (χ0) is 8.43. The lowest BCUT2D eigenvalue weighted by molar-refractivity contribution is -0.613. The quantitative estimate of drug-likeness (QED) is 0.527. The van der Waals surface area contributed by atoms with Gasteiger partial charge in [0.2, 0.25) is 11.9 Å². The molecule has 0 aliphatic rings. The average molecular weight is 218 g/mol. The lowest BCUT2D eigenvalue weighted by atomic mass is 10.4. The third-order valence-electron chi connectivity index (χ3n) is 1.43. The van der Waals surface area contributed by atoms with E-state index >= 15 is 0 Å². The van der Waals surface area contributed by atoms with E-state index in [9.17, 15) is 5.21 Å². The van der Waals surface area contributed by atoms with Gasteiger partial charge in [-0.15, -0.1) is 0 Å². The Bertz CT molecular complexity index is 252. The van der Waals surface area contributed by atoms with Gasteiger partial charge >= 0.3 is 0 Å². The molecule has 0 atom stereocenters. The molecule has 4 heteroatoms. The van der Waals surface area contributed by atoms with Gasteiger partial charge in [-0.3, -0.25) is 0 Å². The molecule has 0 bridgehead atoms. The van der Waals surface area contributed by atoms with E-state index in [-0.39, 0.29) is 0 Å². The molecular formula is C7H8BrNO2. The first-order chi connectivity index (χ1) is 5.15. The molecule has 3 nitrogen and oxygen atoms in total. The summed E-state index contributed by atoms with van der Waals surface area (Å²) in [5.41, 5.74) is 0.630. The Morgan fingerprint density at radius 2 is 2.27 bits per heavy atom. The number of aromatic nitrogens is 1. The highest BCUT2D eigenvalue weighted by Gasteiger charge is 2.07. The maximum absolute atomic E-state index is 11.0. The maximum Gasteiger partial charge on any atom is 0.222 e. The summed E-state index contributed by atoms with van der Waals surface area (Å²) in [6.45, 7) is 1.73. The number of halogens is 1. The van der Waals surface area contributed by atoms with Crippen LogP contribution in [0.3, 0.4) is 0 Å². The molecule has 0 aliphatic carbocycles. The Morgan fingerprint density at radius 3 is 2.73 bits per heavy atom. The predicted molar refractivity (Wildman–Crippen MR) is 44.4 cm³/mol. The molecule has 1 heterocycles. The van der Waals surface area contributed by atoms with Crippen molar-refractivity contribution in [2.75, 3.05) is 7.11 Å². The van der Waals surface area contributed by atoms with E-state index in [1.54, 1.807) is 13.0 Å². The van der Waals surface area contributed by atoms with E-state index in [0.717, 1.165) is 9.20 Å². The van der Waals surface area contributed by atoms with E-state index in [0.29, 0.717) is 11.4 Å². The van der Waals surface area contributed by atoms with Crippen LogP contribution in [0, 0.1) is 12.1 Å². The smallest absolute Gasteiger partial charge is 0.222 e. The van der Waals surface area contributed by atoms with Crippen molar-refractivity contribution in [2.24, 2.45) is 0 Å². The van der Waals surface area contributed by atoms with Gasteiger partial charge in [0.05, 0.1) is 11.6 Å². The first-order valence-corrected chi connectivity index (χ1v) is 3.87. The molecule has 0 amide bonds. The second-order valence-electron chi connectivity index (χ2n) is 2.14. The molecule has 0 spiro atoms.